The smallest absolute Gasteiger partial charge is 0.335 e. The Morgan fingerprint density at radius 1 is 1.33 bits per heavy atom. The first-order valence-electron chi connectivity index (χ1n) is 6.09. The van der Waals surface area contributed by atoms with Crippen molar-refractivity contribution in [2.75, 3.05) is 5.32 Å². The molecule has 3 N–H and O–H groups in total. The minimum Gasteiger partial charge on any atom is -0.478 e. The number of aromatic carboxylic acids is 1. The SMILES string of the molecule is CC(NC(=O)Nc1cc(Br)cc(C(=O)O)c1)c1ccsc1. The van der Waals surface area contributed by atoms with E-state index in [-0.39, 0.29) is 17.6 Å². The van der Waals surface area contributed by atoms with Gasteiger partial charge in [0.25, 0.3) is 0 Å². The number of carbonyl (C=O) groups is 2. The number of hydrogen-bond donors (Lipinski definition) is 3. The largest absolute Gasteiger partial charge is 0.478 e. The van der Waals surface area contributed by atoms with Gasteiger partial charge >= 0.3 is 12.0 Å². The number of carboxylic acids is 1. The van der Waals surface area contributed by atoms with Gasteiger partial charge in [-0.1, -0.05) is 15.9 Å². The fourth-order valence-corrected chi connectivity index (χ4v) is 3.00. The lowest BCUT2D eigenvalue weighted by molar-refractivity contribution is 0.0697. The summed E-state index contributed by atoms with van der Waals surface area (Å²) in [7, 11) is 0. The van der Waals surface area contributed by atoms with Crippen molar-refractivity contribution < 1.29 is 14.7 Å². The second kappa shape index (κ2) is 6.73. The van der Waals surface area contributed by atoms with E-state index in [9.17, 15) is 9.59 Å². The Kier molecular flexibility index (Phi) is 4.98. The molecule has 0 saturated heterocycles. The number of urea groups is 1. The van der Waals surface area contributed by atoms with Crippen LogP contribution < -0.4 is 10.6 Å². The van der Waals surface area contributed by atoms with E-state index in [0.717, 1.165) is 5.56 Å². The molecule has 21 heavy (non-hydrogen) atoms. The maximum absolute atomic E-state index is 11.9. The summed E-state index contributed by atoms with van der Waals surface area (Å²) < 4.78 is 0.587. The fraction of sp³-hybridized carbons (Fsp3) is 0.143. The second-order valence-corrected chi connectivity index (χ2v) is 6.11. The molecule has 0 aliphatic rings. The lowest BCUT2D eigenvalue weighted by Crippen LogP contribution is -2.31. The predicted octanol–water partition coefficient (Wildman–Crippen LogP) is 4.09. The highest BCUT2D eigenvalue weighted by Gasteiger charge is 2.11. The Hall–Kier alpha value is -1.86. The van der Waals surface area contributed by atoms with Crippen molar-refractivity contribution in [2.45, 2.75) is 13.0 Å². The van der Waals surface area contributed by atoms with E-state index in [0.29, 0.717) is 10.2 Å². The van der Waals surface area contributed by atoms with Gasteiger partial charge < -0.3 is 15.7 Å². The zero-order valence-electron chi connectivity index (χ0n) is 11.1. The molecule has 5 nitrogen and oxygen atoms in total. The summed E-state index contributed by atoms with van der Waals surface area (Å²) in [5, 5.41) is 18.3. The first kappa shape index (κ1) is 15.5. The quantitative estimate of drug-likeness (QED) is 0.760. The van der Waals surface area contributed by atoms with E-state index >= 15 is 0 Å². The van der Waals surface area contributed by atoms with Gasteiger partial charge in [-0.3, -0.25) is 0 Å². The van der Waals surface area contributed by atoms with Crippen molar-refractivity contribution in [3.05, 3.63) is 50.6 Å². The number of amides is 2. The second-order valence-electron chi connectivity index (χ2n) is 4.41. The van der Waals surface area contributed by atoms with Gasteiger partial charge in [-0.2, -0.15) is 11.3 Å². The Morgan fingerprint density at radius 2 is 2.10 bits per heavy atom. The monoisotopic (exact) mass is 368 g/mol. The van der Waals surface area contributed by atoms with Crippen molar-refractivity contribution in [1.82, 2.24) is 5.32 Å². The van der Waals surface area contributed by atoms with Crippen LogP contribution in [0.3, 0.4) is 0 Å². The average Bonchev–Trinajstić information content (AvgIpc) is 2.91. The minimum absolute atomic E-state index is 0.102. The number of carbonyl (C=O) groups excluding carboxylic acids is 1. The molecule has 2 rings (SSSR count). The molecule has 1 atom stereocenters. The molecule has 0 radical (unpaired) electrons. The van der Waals surface area contributed by atoms with Crippen LogP contribution in [0, 0.1) is 0 Å². The Morgan fingerprint density at radius 3 is 2.71 bits per heavy atom. The number of hydrogen-bond acceptors (Lipinski definition) is 3. The fourth-order valence-electron chi connectivity index (χ4n) is 1.75. The van der Waals surface area contributed by atoms with Crippen molar-refractivity contribution in [2.24, 2.45) is 0 Å². The summed E-state index contributed by atoms with van der Waals surface area (Å²) in [6.07, 6.45) is 0. The van der Waals surface area contributed by atoms with Crippen molar-refractivity contribution in [1.29, 1.82) is 0 Å². The van der Waals surface area contributed by atoms with Crippen LogP contribution in [0.15, 0.2) is 39.5 Å². The molecule has 1 heterocycles. The number of halogens is 1. The maximum Gasteiger partial charge on any atom is 0.335 e. The molecule has 0 fully saturated rings. The molecule has 2 aromatic rings. The van der Waals surface area contributed by atoms with Gasteiger partial charge in [0.2, 0.25) is 0 Å². The lowest BCUT2D eigenvalue weighted by atomic mass is 10.2. The van der Waals surface area contributed by atoms with Gasteiger partial charge in [0.05, 0.1) is 11.6 Å². The summed E-state index contributed by atoms with van der Waals surface area (Å²) in [5.74, 6) is -1.05. The van der Waals surface area contributed by atoms with Crippen LogP contribution in [0.1, 0.15) is 28.9 Å². The standard InChI is InChI=1S/C14H13BrN2O3S/c1-8(9-2-3-21-7-9)16-14(20)17-12-5-10(13(18)19)4-11(15)6-12/h2-8H,1H3,(H,18,19)(H2,16,17,20). The molecule has 7 heteroatoms. The van der Waals surface area contributed by atoms with Crippen molar-refractivity contribution in [3.8, 4) is 0 Å². The average molecular weight is 369 g/mol. The Balaban J connectivity index is 2.04. The summed E-state index contributed by atoms with van der Waals surface area (Å²) in [5.41, 5.74) is 1.54. The third kappa shape index (κ3) is 4.30. The summed E-state index contributed by atoms with van der Waals surface area (Å²) in [4.78, 5) is 22.9. The van der Waals surface area contributed by atoms with Crippen LogP contribution in [-0.4, -0.2) is 17.1 Å². The van der Waals surface area contributed by atoms with Crippen LogP contribution in [0.2, 0.25) is 0 Å². The van der Waals surface area contributed by atoms with E-state index < -0.39 is 5.97 Å². The van der Waals surface area contributed by atoms with E-state index in [2.05, 4.69) is 26.6 Å². The molecular weight excluding hydrogens is 356 g/mol. The van der Waals surface area contributed by atoms with Gasteiger partial charge in [0, 0.05) is 10.2 Å². The minimum atomic E-state index is -1.05. The zero-order valence-corrected chi connectivity index (χ0v) is 13.5. The maximum atomic E-state index is 11.9. The van der Waals surface area contributed by atoms with Crippen LogP contribution in [0.5, 0.6) is 0 Å². The molecule has 0 bridgehead atoms. The van der Waals surface area contributed by atoms with Gasteiger partial charge in [-0.15, -0.1) is 0 Å². The molecule has 1 unspecified atom stereocenters. The number of nitrogens with one attached hydrogen (secondary N) is 2. The predicted molar refractivity (Wildman–Crippen MR) is 86.0 cm³/mol. The molecule has 1 aromatic heterocycles. The van der Waals surface area contributed by atoms with Crippen LogP contribution in [-0.2, 0) is 0 Å². The summed E-state index contributed by atoms with van der Waals surface area (Å²) in [6, 6.07) is 5.95. The van der Waals surface area contributed by atoms with E-state index in [4.69, 9.17) is 5.11 Å². The highest BCUT2D eigenvalue weighted by atomic mass is 79.9. The topological polar surface area (TPSA) is 78.4 Å². The first-order chi connectivity index (χ1) is 9.95. The molecule has 1 aromatic carbocycles. The van der Waals surface area contributed by atoms with Gasteiger partial charge in [-0.25, -0.2) is 9.59 Å². The lowest BCUT2D eigenvalue weighted by Gasteiger charge is -2.14. The number of carboxylic acid groups (broad SMARTS) is 1. The third-order valence-corrected chi connectivity index (χ3v) is 3.95. The molecule has 0 spiro atoms. The Labute approximate surface area is 134 Å². The normalized spacial score (nSPS) is 11.7. The number of rotatable bonds is 4. The number of thiophene rings is 1. The zero-order chi connectivity index (χ0) is 15.4. The first-order valence-corrected chi connectivity index (χ1v) is 7.83. The van der Waals surface area contributed by atoms with Gasteiger partial charge in [0.15, 0.2) is 0 Å². The van der Waals surface area contributed by atoms with Gasteiger partial charge in [-0.05, 0) is 47.5 Å². The highest BCUT2D eigenvalue weighted by molar-refractivity contribution is 9.10. The van der Waals surface area contributed by atoms with Crippen molar-refractivity contribution >= 4 is 45.0 Å². The van der Waals surface area contributed by atoms with Crippen LogP contribution in [0.4, 0.5) is 10.5 Å². The molecule has 0 aliphatic heterocycles. The molecule has 0 saturated carbocycles. The van der Waals surface area contributed by atoms with Gasteiger partial charge in [0.1, 0.15) is 0 Å². The van der Waals surface area contributed by atoms with Crippen LogP contribution in [0.25, 0.3) is 0 Å². The third-order valence-electron chi connectivity index (χ3n) is 2.79. The van der Waals surface area contributed by atoms with E-state index in [1.807, 2.05) is 23.8 Å². The van der Waals surface area contributed by atoms with Crippen LogP contribution >= 0.6 is 27.3 Å². The van der Waals surface area contributed by atoms with Crippen molar-refractivity contribution in [3.63, 3.8) is 0 Å². The molecule has 2 amide bonds. The summed E-state index contributed by atoms with van der Waals surface area (Å²) >= 11 is 4.78. The Bertz CT molecular complexity index is 658. The van der Waals surface area contributed by atoms with E-state index in [1.165, 1.54) is 12.1 Å². The summed E-state index contributed by atoms with van der Waals surface area (Å²) in [6.45, 7) is 1.88. The molecule has 0 aliphatic carbocycles. The number of benzene rings is 1. The van der Waals surface area contributed by atoms with E-state index in [1.54, 1.807) is 17.4 Å². The molecular formula is C14H13BrN2O3S. The highest BCUT2D eigenvalue weighted by Crippen LogP contribution is 2.20. The number of anilines is 1. The molecule has 110 valence electrons.